The van der Waals surface area contributed by atoms with Gasteiger partial charge in [0.1, 0.15) is 0 Å². The Labute approximate surface area is 103 Å². The van der Waals surface area contributed by atoms with Crippen LogP contribution in [0.4, 0.5) is 8.78 Å². The first-order valence-electron chi connectivity index (χ1n) is 5.68. The molecule has 1 heterocycles. The second-order valence-electron chi connectivity index (χ2n) is 4.08. The number of benzene rings is 1. The third-order valence-electron chi connectivity index (χ3n) is 2.87. The van der Waals surface area contributed by atoms with E-state index in [0.29, 0.717) is 19.7 Å². The first-order valence-corrected chi connectivity index (χ1v) is 5.68. The molecule has 1 fully saturated rings. The Bertz CT molecular complexity index is 454. The van der Waals surface area contributed by atoms with E-state index in [9.17, 15) is 13.6 Å². The van der Waals surface area contributed by atoms with Gasteiger partial charge in [-0.2, -0.15) is 0 Å². The van der Waals surface area contributed by atoms with Crippen LogP contribution in [0.25, 0.3) is 0 Å². The Morgan fingerprint density at radius 2 is 2.28 bits per heavy atom. The van der Waals surface area contributed by atoms with Crippen LogP contribution < -0.4 is 5.73 Å². The topological polar surface area (TPSA) is 55.6 Å². The van der Waals surface area contributed by atoms with Crippen molar-refractivity contribution >= 4 is 5.91 Å². The van der Waals surface area contributed by atoms with E-state index in [1.807, 2.05) is 0 Å². The molecule has 6 heteroatoms. The Hall–Kier alpha value is -1.53. The third kappa shape index (κ3) is 2.49. The normalized spacial score (nSPS) is 19.9. The molecule has 1 aromatic carbocycles. The monoisotopic (exact) mass is 256 g/mol. The molecule has 1 unspecified atom stereocenters. The van der Waals surface area contributed by atoms with Gasteiger partial charge in [-0.1, -0.05) is 6.07 Å². The number of morpholine rings is 1. The van der Waals surface area contributed by atoms with Crippen LogP contribution in [-0.2, 0) is 4.74 Å². The molecule has 0 radical (unpaired) electrons. The molecule has 1 atom stereocenters. The number of ether oxygens (including phenoxy) is 1. The van der Waals surface area contributed by atoms with Gasteiger partial charge in [-0.05, 0) is 12.1 Å². The summed E-state index contributed by atoms with van der Waals surface area (Å²) in [6.45, 7) is 1.29. The number of carbonyl (C=O) groups excluding carboxylic acids is 1. The third-order valence-corrected chi connectivity index (χ3v) is 2.87. The highest BCUT2D eigenvalue weighted by molar-refractivity contribution is 5.94. The van der Waals surface area contributed by atoms with Crippen molar-refractivity contribution in [1.82, 2.24) is 4.90 Å². The van der Waals surface area contributed by atoms with E-state index in [2.05, 4.69) is 0 Å². The molecule has 1 aliphatic heterocycles. The van der Waals surface area contributed by atoms with Gasteiger partial charge in [-0.3, -0.25) is 4.79 Å². The smallest absolute Gasteiger partial charge is 0.257 e. The van der Waals surface area contributed by atoms with E-state index < -0.39 is 17.5 Å². The van der Waals surface area contributed by atoms with Gasteiger partial charge in [0.05, 0.1) is 18.3 Å². The number of hydrogen-bond donors (Lipinski definition) is 1. The summed E-state index contributed by atoms with van der Waals surface area (Å²) in [6, 6.07) is 3.56. The number of hydrogen-bond acceptors (Lipinski definition) is 3. The van der Waals surface area contributed by atoms with Crippen molar-refractivity contribution in [2.24, 2.45) is 5.73 Å². The molecule has 1 amide bonds. The van der Waals surface area contributed by atoms with Crippen LogP contribution in [0, 0.1) is 11.6 Å². The highest BCUT2D eigenvalue weighted by atomic mass is 19.2. The maximum absolute atomic E-state index is 13.5. The van der Waals surface area contributed by atoms with Crippen molar-refractivity contribution < 1.29 is 18.3 Å². The molecule has 1 aliphatic rings. The molecule has 0 bridgehead atoms. The van der Waals surface area contributed by atoms with Crippen molar-refractivity contribution in [2.45, 2.75) is 6.10 Å². The number of rotatable bonds is 2. The van der Waals surface area contributed by atoms with Crippen LogP contribution in [-0.4, -0.2) is 43.2 Å². The average Bonchev–Trinajstić information content (AvgIpc) is 2.41. The van der Waals surface area contributed by atoms with Gasteiger partial charge in [0.25, 0.3) is 5.91 Å². The summed E-state index contributed by atoms with van der Waals surface area (Å²) in [5.74, 6) is -2.67. The van der Waals surface area contributed by atoms with E-state index in [-0.39, 0.29) is 18.2 Å². The average molecular weight is 256 g/mol. The summed E-state index contributed by atoms with van der Waals surface area (Å²) in [5.41, 5.74) is 5.20. The first-order chi connectivity index (χ1) is 8.63. The molecule has 4 nitrogen and oxygen atoms in total. The fourth-order valence-electron chi connectivity index (χ4n) is 1.89. The maximum atomic E-state index is 13.5. The van der Waals surface area contributed by atoms with Crippen LogP contribution in [0.2, 0.25) is 0 Å². The molecular formula is C12H14F2N2O2. The van der Waals surface area contributed by atoms with Crippen molar-refractivity contribution in [3.8, 4) is 0 Å². The van der Waals surface area contributed by atoms with E-state index in [4.69, 9.17) is 10.5 Å². The van der Waals surface area contributed by atoms with Gasteiger partial charge in [0.15, 0.2) is 11.6 Å². The standard InChI is InChI=1S/C12H14F2N2O2/c13-10-3-1-2-9(11(10)14)12(17)16-4-5-18-8(6-15)7-16/h1-3,8H,4-7,15H2. The summed E-state index contributed by atoms with van der Waals surface area (Å²) in [4.78, 5) is 13.5. The van der Waals surface area contributed by atoms with Crippen LogP contribution >= 0.6 is 0 Å². The molecule has 98 valence electrons. The van der Waals surface area contributed by atoms with Crippen molar-refractivity contribution in [3.05, 3.63) is 35.4 Å². The van der Waals surface area contributed by atoms with Gasteiger partial charge in [-0.25, -0.2) is 8.78 Å². The number of nitrogens with zero attached hydrogens (tertiary/aromatic N) is 1. The lowest BCUT2D eigenvalue weighted by Gasteiger charge is -2.32. The Morgan fingerprint density at radius 1 is 1.50 bits per heavy atom. The zero-order valence-electron chi connectivity index (χ0n) is 9.73. The van der Waals surface area contributed by atoms with Crippen molar-refractivity contribution in [1.29, 1.82) is 0 Å². The zero-order chi connectivity index (χ0) is 13.1. The minimum Gasteiger partial charge on any atom is -0.373 e. The summed E-state index contributed by atoms with van der Waals surface area (Å²) in [6.07, 6.45) is -0.251. The summed E-state index contributed by atoms with van der Waals surface area (Å²) < 4.78 is 31.9. The lowest BCUT2D eigenvalue weighted by atomic mass is 10.1. The van der Waals surface area contributed by atoms with E-state index in [1.54, 1.807) is 0 Å². The SMILES string of the molecule is NCC1CN(C(=O)c2cccc(F)c2F)CCO1. The summed E-state index contributed by atoms with van der Waals surface area (Å²) >= 11 is 0. The fraction of sp³-hybridized carbons (Fsp3) is 0.417. The molecule has 18 heavy (non-hydrogen) atoms. The van der Waals surface area contributed by atoms with Gasteiger partial charge in [0, 0.05) is 19.6 Å². The zero-order valence-corrected chi connectivity index (χ0v) is 9.73. The molecule has 0 saturated carbocycles. The Kier molecular flexibility index (Phi) is 3.88. The largest absolute Gasteiger partial charge is 0.373 e. The highest BCUT2D eigenvalue weighted by Gasteiger charge is 2.26. The number of nitrogens with two attached hydrogens (primary N) is 1. The maximum Gasteiger partial charge on any atom is 0.257 e. The molecule has 2 N–H and O–H groups in total. The molecule has 2 rings (SSSR count). The fourth-order valence-corrected chi connectivity index (χ4v) is 1.89. The van der Waals surface area contributed by atoms with E-state index in [1.165, 1.54) is 17.0 Å². The molecule has 1 aromatic rings. The van der Waals surface area contributed by atoms with Crippen molar-refractivity contribution in [2.75, 3.05) is 26.2 Å². The molecule has 1 saturated heterocycles. The number of amides is 1. The van der Waals surface area contributed by atoms with Gasteiger partial charge >= 0.3 is 0 Å². The number of halogens is 2. The molecule has 0 spiro atoms. The van der Waals surface area contributed by atoms with Crippen LogP contribution in [0.1, 0.15) is 10.4 Å². The molecule has 0 aliphatic carbocycles. The minimum absolute atomic E-state index is 0.251. The van der Waals surface area contributed by atoms with E-state index in [0.717, 1.165) is 6.07 Å². The Morgan fingerprint density at radius 3 is 3.00 bits per heavy atom. The van der Waals surface area contributed by atoms with Crippen LogP contribution in [0.15, 0.2) is 18.2 Å². The second kappa shape index (κ2) is 5.41. The predicted molar refractivity (Wildman–Crippen MR) is 61.1 cm³/mol. The minimum atomic E-state index is -1.11. The molecular weight excluding hydrogens is 242 g/mol. The first kappa shape index (κ1) is 12.9. The lowest BCUT2D eigenvalue weighted by Crippen LogP contribution is -2.48. The van der Waals surface area contributed by atoms with Crippen molar-refractivity contribution in [3.63, 3.8) is 0 Å². The number of carbonyl (C=O) groups is 1. The van der Waals surface area contributed by atoms with Crippen LogP contribution in [0.5, 0.6) is 0 Å². The molecule has 0 aromatic heterocycles. The van der Waals surface area contributed by atoms with Crippen LogP contribution in [0.3, 0.4) is 0 Å². The van der Waals surface area contributed by atoms with Gasteiger partial charge < -0.3 is 15.4 Å². The summed E-state index contributed by atoms with van der Waals surface area (Å²) in [7, 11) is 0. The van der Waals surface area contributed by atoms with E-state index >= 15 is 0 Å². The van der Waals surface area contributed by atoms with Gasteiger partial charge in [0.2, 0.25) is 0 Å². The predicted octanol–water partition coefficient (Wildman–Crippen LogP) is 0.765. The quantitative estimate of drug-likeness (QED) is 0.850. The highest BCUT2D eigenvalue weighted by Crippen LogP contribution is 2.15. The second-order valence-corrected chi connectivity index (χ2v) is 4.08. The van der Waals surface area contributed by atoms with Gasteiger partial charge in [-0.15, -0.1) is 0 Å². The summed E-state index contributed by atoms with van der Waals surface area (Å²) in [5, 5.41) is 0. The lowest BCUT2D eigenvalue weighted by molar-refractivity contribution is -0.0169. The Balaban J connectivity index is 2.18.